The van der Waals surface area contributed by atoms with Crippen molar-refractivity contribution in [2.24, 2.45) is 0 Å². The number of rotatable bonds is 2. The third-order valence-corrected chi connectivity index (χ3v) is 4.47. The molecule has 0 spiro atoms. The van der Waals surface area contributed by atoms with Crippen molar-refractivity contribution in [1.29, 1.82) is 0 Å². The van der Waals surface area contributed by atoms with Gasteiger partial charge in [0.05, 0.1) is 11.2 Å². The van der Waals surface area contributed by atoms with Crippen LogP contribution in [0.1, 0.15) is 48.5 Å². The highest BCUT2D eigenvalue weighted by Crippen LogP contribution is 2.36. The van der Waals surface area contributed by atoms with Crippen LogP contribution in [0.2, 0.25) is 0 Å². The van der Waals surface area contributed by atoms with Gasteiger partial charge in [-0.2, -0.15) is 0 Å². The third-order valence-electron chi connectivity index (χ3n) is 3.61. The molecule has 1 aromatic rings. The van der Waals surface area contributed by atoms with Gasteiger partial charge in [0.2, 0.25) is 0 Å². The number of hydrogen-bond donors (Lipinski definition) is 1. The Balaban J connectivity index is 2.03. The number of ether oxygens (including phenoxy) is 1. The molecule has 6 nitrogen and oxygen atoms in total. The SMILES string of the molecule is CC(C)(C)OC(=O)Nc1csc(B2OC(C)(C)C(C)(C)O2)n1. The molecule has 1 saturated heterocycles. The Labute approximate surface area is 135 Å². The van der Waals surface area contributed by atoms with E-state index in [2.05, 4.69) is 10.3 Å². The van der Waals surface area contributed by atoms with E-state index in [1.54, 1.807) is 5.38 Å². The van der Waals surface area contributed by atoms with Crippen LogP contribution in [0.25, 0.3) is 0 Å². The molecule has 1 N–H and O–H groups in total. The minimum absolute atomic E-state index is 0.415. The minimum atomic E-state index is -0.547. The van der Waals surface area contributed by atoms with Crippen LogP contribution in [-0.4, -0.2) is 35.0 Å². The van der Waals surface area contributed by atoms with Crippen molar-refractivity contribution in [2.45, 2.75) is 65.3 Å². The summed E-state index contributed by atoms with van der Waals surface area (Å²) in [5.41, 5.74) is -1.38. The number of nitrogens with zero attached hydrogens (tertiary/aromatic N) is 1. The summed E-state index contributed by atoms with van der Waals surface area (Å²) >= 11 is 1.38. The lowest BCUT2D eigenvalue weighted by molar-refractivity contribution is 0.00578. The number of thiazole rings is 1. The van der Waals surface area contributed by atoms with E-state index < -0.39 is 30.0 Å². The average Bonchev–Trinajstić information content (AvgIpc) is 2.79. The van der Waals surface area contributed by atoms with Gasteiger partial charge in [-0.05, 0) is 48.5 Å². The predicted octanol–water partition coefficient (Wildman–Crippen LogP) is 2.79. The average molecular weight is 326 g/mol. The van der Waals surface area contributed by atoms with Crippen molar-refractivity contribution in [3.8, 4) is 0 Å². The molecule has 0 bridgehead atoms. The molecule has 1 amide bonds. The van der Waals surface area contributed by atoms with Crippen molar-refractivity contribution in [2.75, 3.05) is 5.32 Å². The van der Waals surface area contributed by atoms with Gasteiger partial charge in [0, 0.05) is 5.38 Å². The Kier molecular flexibility index (Phi) is 4.32. The Bertz CT molecular complexity index is 549. The summed E-state index contributed by atoms with van der Waals surface area (Å²) in [6.07, 6.45) is -0.529. The first kappa shape index (κ1) is 17.2. The number of carbonyl (C=O) groups is 1. The van der Waals surface area contributed by atoms with Crippen molar-refractivity contribution in [3.63, 3.8) is 0 Å². The van der Waals surface area contributed by atoms with Gasteiger partial charge in [-0.1, -0.05) is 0 Å². The first-order valence-electron chi connectivity index (χ1n) is 7.21. The maximum absolute atomic E-state index is 11.7. The van der Waals surface area contributed by atoms with Gasteiger partial charge in [0.1, 0.15) is 16.3 Å². The summed E-state index contributed by atoms with van der Waals surface area (Å²) in [5.74, 6) is 0.434. The van der Waals surface area contributed by atoms with Crippen LogP contribution in [0.5, 0.6) is 0 Å². The highest BCUT2D eigenvalue weighted by atomic mass is 32.1. The lowest BCUT2D eigenvalue weighted by atomic mass is 9.90. The molecule has 1 aliphatic rings. The number of nitrogens with one attached hydrogen (secondary N) is 1. The Morgan fingerprint density at radius 1 is 1.27 bits per heavy atom. The lowest BCUT2D eigenvalue weighted by Crippen LogP contribution is -2.41. The standard InChI is InChI=1S/C14H23BN2O4S/c1-12(2,3)19-11(18)17-9-8-22-10(16-9)15-20-13(4,5)14(6,7)21-15/h8H,1-7H3,(H,17,18). The summed E-state index contributed by atoms with van der Waals surface area (Å²) in [6.45, 7) is 13.4. The summed E-state index contributed by atoms with van der Waals surface area (Å²) in [4.78, 5) is 16.8. The summed E-state index contributed by atoms with van der Waals surface area (Å²) in [7, 11) is -0.524. The Hall–Kier alpha value is -1.12. The second-order valence-electron chi connectivity index (χ2n) is 7.29. The molecule has 2 heterocycles. The van der Waals surface area contributed by atoms with Gasteiger partial charge in [-0.15, -0.1) is 11.3 Å². The molecule has 2 rings (SSSR count). The monoisotopic (exact) mass is 326 g/mol. The quantitative estimate of drug-likeness (QED) is 0.846. The predicted molar refractivity (Wildman–Crippen MR) is 87.7 cm³/mol. The second-order valence-corrected chi connectivity index (χ2v) is 8.18. The van der Waals surface area contributed by atoms with E-state index in [9.17, 15) is 4.79 Å². The van der Waals surface area contributed by atoms with E-state index in [-0.39, 0.29) is 0 Å². The first-order valence-corrected chi connectivity index (χ1v) is 8.09. The van der Waals surface area contributed by atoms with Gasteiger partial charge < -0.3 is 14.0 Å². The molecule has 0 unspecified atom stereocenters. The van der Waals surface area contributed by atoms with Gasteiger partial charge in [-0.3, -0.25) is 5.32 Å². The van der Waals surface area contributed by atoms with Crippen molar-refractivity contribution < 1.29 is 18.8 Å². The Morgan fingerprint density at radius 3 is 2.32 bits per heavy atom. The van der Waals surface area contributed by atoms with Gasteiger partial charge >= 0.3 is 13.2 Å². The molecule has 122 valence electrons. The first-order chi connectivity index (χ1) is 9.90. The number of amides is 1. The number of hydrogen-bond acceptors (Lipinski definition) is 6. The van der Waals surface area contributed by atoms with Crippen LogP contribution in [0, 0.1) is 0 Å². The molecular formula is C14H23BN2O4S. The van der Waals surface area contributed by atoms with Gasteiger partial charge in [-0.25, -0.2) is 9.78 Å². The highest BCUT2D eigenvalue weighted by Gasteiger charge is 2.52. The van der Waals surface area contributed by atoms with E-state index in [0.717, 1.165) is 0 Å². The number of carbonyl (C=O) groups excluding carboxylic acids is 1. The van der Waals surface area contributed by atoms with E-state index in [4.69, 9.17) is 14.0 Å². The Morgan fingerprint density at radius 2 is 1.82 bits per heavy atom. The topological polar surface area (TPSA) is 69.7 Å². The maximum atomic E-state index is 11.7. The molecular weight excluding hydrogens is 303 g/mol. The van der Waals surface area contributed by atoms with E-state index >= 15 is 0 Å². The van der Waals surface area contributed by atoms with Gasteiger partial charge in [0.25, 0.3) is 0 Å². The lowest BCUT2D eigenvalue weighted by Gasteiger charge is -2.32. The van der Waals surface area contributed by atoms with Crippen LogP contribution < -0.4 is 10.2 Å². The van der Waals surface area contributed by atoms with E-state index in [1.807, 2.05) is 48.5 Å². The van der Waals surface area contributed by atoms with Crippen molar-refractivity contribution in [1.82, 2.24) is 4.98 Å². The smallest absolute Gasteiger partial charge is 0.444 e. The maximum Gasteiger partial charge on any atom is 0.525 e. The number of anilines is 1. The van der Waals surface area contributed by atoms with E-state index in [1.165, 1.54) is 11.3 Å². The van der Waals surface area contributed by atoms with Crippen molar-refractivity contribution >= 4 is 35.3 Å². The third kappa shape index (κ3) is 3.80. The zero-order valence-corrected chi connectivity index (χ0v) is 15.0. The molecule has 0 saturated carbocycles. The zero-order valence-electron chi connectivity index (χ0n) is 14.1. The highest BCUT2D eigenvalue weighted by molar-refractivity contribution is 7.20. The summed E-state index contributed by atoms with van der Waals surface area (Å²) in [6, 6.07) is 0. The van der Waals surface area contributed by atoms with Crippen LogP contribution in [0.4, 0.5) is 10.6 Å². The fraction of sp³-hybridized carbons (Fsp3) is 0.714. The largest absolute Gasteiger partial charge is 0.525 e. The molecule has 1 aliphatic heterocycles. The molecule has 0 aliphatic carbocycles. The summed E-state index contributed by atoms with van der Waals surface area (Å²) < 4.78 is 17.1. The zero-order chi connectivity index (χ0) is 16.8. The molecule has 0 radical (unpaired) electrons. The van der Waals surface area contributed by atoms with Crippen LogP contribution >= 0.6 is 11.3 Å². The molecule has 1 aromatic heterocycles. The van der Waals surface area contributed by atoms with Crippen LogP contribution in [0.15, 0.2) is 5.38 Å². The molecule has 1 fully saturated rings. The fourth-order valence-corrected chi connectivity index (χ4v) is 2.51. The molecule has 8 heteroatoms. The normalized spacial score (nSPS) is 20.0. The fourth-order valence-electron chi connectivity index (χ4n) is 1.81. The second kappa shape index (κ2) is 5.51. The van der Waals surface area contributed by atoms with Crippen LogP contribution in [-0.2, 0) is 14.0 Å². The summed E-state index contributed by atoms with van der Waals surface area (Å²) in [5, 5.41) is 4.35. The molecule has 22 heavy (non-hydrogen) atoms. The van der Waals surface area contributed by atoms with Crippen molar-refractivity contribution in [3.05, 3.63) is 5.38 Å². The number of aromatic nitrogens is 1. The van der Waals surface area contributed by atoms with Gasteiger partial charge in [0.15, 0.2) is 0 Å². The van der Waals surface area contributed by atoms with Crippen LogP contribution in [0.3, 0.4) is 0 Å². The van der Waals surface area contributed by atoms with E-state index in [0.29, 0.717) is 10.7 Å². The minimum Gasteiger partial charge on any atom is -0.444 e. The molecule has 0 atom stereocenters. The molecule has 0 aromatic carbocycles.